The zero-order chi connectivity index (χ0) is 24.6. The number of unbranched alkanes of at least 4 members (excludes halogenated alkanes) is 2. The largest absolute Gasteiger partial charge is 0.433 e. The topological polar surface area (TPSA) is 48.4 Å². The lowest BCUT2D eigenvalue weighted by molar-refractivity contribution is -0.141. The number of aromatic nitrogens is 1. The number of hydrogen-bond acceptors (Lipinski definition) is 4. The highest BCUT2D eigenvalue weighted by Crippen LogP contribution is 2.38. The van der Waals surface area contributed by atoms with E-state index in [1.807, 2.05) is 18.7 Å². The fourth-order valence-corrected chi connectivity index (χ4v) is 3.39. The molecule has 0 saturated heterocycles. The number of nitrogens with one attached hydrogen (secondary N) is 1. The second-order valence-corrected chi connectivity index (χ2v) is 7.84. The van der Waals surface area contributed by atoms with Crippen LogP contribution in [-0.4, -0.2) is 40.9 Å². The molecule has 0 saturated carbocycles. The summed E-state index contributed by atoms with van der Waals surface area (Å²) >= 11 is 0. The van der Waals surface area contributed by atoms with Crippen LogP contribution in [0.3, 0.4) is 0 Å². The quantitative estimate of drug-likeness (QED) is 0.290. The van der Waals surface area contributed by atoms with Crippen molar-refractivity contribution >= 4 is 5.69 Å². The van der Waals surface area contributed by atoms with Crippen molar-refractivity contribution in [2.45, 2.75) is 58.1 Å². The van der Waals surface area contributed by atoms with E-state index in [2.05, 4.69) is 10.3 Å². The van der Waals surface area contributed by atoms with Gasteiger partial charge in [-0.15, -0.1) is 0 Å². The molecule has 0 fully saturated rings. The lowest BCUT2D eigenvalue weighted by Gasteiger charge is -2.26. The lowest BCUT2D eigenvalue weighted by Crippen LogP contribution is -2.38. The Morgan fingerprint density at radius 3 is 2.09 bits per heavy atom. The van der Waals surface area contributed by atoms with Crippen LogP contribution in [0.2, 0.25) is 0 Å². The van der Waals surface area contributed by atoms with E-state index in [0.717, 1.165) is 63.0 Å². The molecule has 0 aliphatic heterocycles. The molecule has 2 rings (SSSR count). The standard InChI is InChI=1S/C23H29F6N3O/c1-3-5-11-32(12-6-4-2)15-21(33)30-16-13-19(31-20(14-16)23(27,28)29)17-9-7-8-10-18(17)22(24,25)26/h7-10,13-14,21,33H,3-6,11-12,15H2,1-2H3,(H,30,31). The van der Waals surface area contributed by atoms with Gasteiger partial charge < -0.3 is 10.4 Å². The molecule has 2 N–H and O–H groups in total. The normalized spacial score (nSPS) is 13.4. The Bertz CT molecular complexity index is 877. The van der Waals surface area contributed by atoms with E-state index in [1.165, 1.54) is 6.07 Å². The van der Waals surface area contributed by atoms with Crippen molar-refractivity contribution in [2.75, 3.05) is 25.0 Å². The Morgan fingerprint density at radius 2 is 1.55 bits per heavy atom. The van der Waals surface area contributed by atoms with Crippen molar-refractivity contribution < 1.29 is 31.4 Å². The fraction of sp³-hybridized carbons (Fsp3) is 0.522. The Balaban J connectivity index is 2.37. The van der Waals surface area contributed by atoms with E-state index in [0.29, 0.717) is 6.07 Å². The lowest BCUT2D eigenvalue weighted by atomic mass is 10.0. The van der Waals surface area contributed by atoms with Gasteiger partial charge in [-0.25, -0.2) is 4.98 Å². The highest BCUT2D eigenvalue weighted by Gasteiger charge is 2.36. The van der Waals surface area contributed by atoms with Gasteiger partial charge in [-0.2, -0.15) is 26.3 Å². The summed E-state index contributed by atoms with van der Waals surface area (Å²) in [6.45, 7) is 5.68. The zero-order valence-electron chi connectivity index (χ0n) is 18.6. The number of hydrogen-bond donors (Lipinski definition) is 2. The zero-order valence-corrected chi connectivity index (χ0v) is 18.6. The van der Waals surface area contributed by atoms with Gasteiger partial charge in [-0.05, 0) is 44.1 Å². The van der Waals surface area contributed by atoms with Gasteiger partial charge in [0.25, 0.3) is 0 Å². The second kappa shape index (κ2) is 11.7. The van der Waals surface area contributed by atoms with Crippen LogP contribution in [-0.2, 0) is 12.4 Å². The van der Waals surface area contributed by atoms with E-state index >= 15 is 0 Å². The molecule has 184 valence electrons. The fourth-order valence-electron chi connectivity index (χ4n) is 3.39. The molecule has 4 nitrogen and oxygen atoms in total. The number of benzene rings is 1. The molecule has 33 heavy (non-hydrogen) atoms. The average Bonchev–Trinajstić information content (AvgIpc) is 2.74. The van der Waals surface area contributed by atoms with Crippen LogP contribution in [0.1, 0.15) is 50.8 Å². The number of aliphatic hydroxyl groups excluding tert-OH is 1. The molecule has 1 heterocycles. The predicted octanol–water partition coefficient (Wildman–Crippen LogP) is 6.42. The van der Waals surface area contributed by atoms with Crippen molar-refractivity contribution in [1.82, 2.24) is 9.88 Å². The van der Waals surface area contributed by atoms with Gasteiger partial charge in [-0.3, -0.25) is 4.90 Å². The predicted molar refractivity (Wildman–Crippen MR) is 116 cm³/mol. The summed E-state index contributed by atoms with van der Waals surface area (Å²) in [4.78, 5) is 5.45. The van der Waals surface area contributed by atoms with Gasteiger partial charge in [0.1, 0.15) is 11.9 Å². The van der Waals surface area contributed by atoms with Crippen LogP contribution < -0.4 is 5.32 Å². The van der Waals surface area contributed by atoms with Crippen LogP contribution in [0.15, 0.2) is 36.4 Å². The van der Waals surface area contributed by atoms with Crippen molar-refractivity contribution in [3.63, 3.8) is 0 Å². The number of nitrogens with zero attached hydrogens (tertiary/aromatic N) is 2. The molecule has 10 heteroatoms. The molecule has 1 unspecified atom stereocenters. The summed E-state index contributed by atoms with van der Waals surface area (Å²) < 4.78 is 80.6. The van der Waals surface area contributed by atoms with Gasteiger partial charge in [0.2, 0.25) is 0 Å². The van der Waals surface area contributed by atoms with Crippen LogP contribution in [0.25, 0.3) is 11.3 Å². The first kappa shape index (κ1) is 26.9. The van der Waals surface area contributed by atoms with E-state index in [9.17, 15) is 31.4 Å². The first-order chi connectivity index (χ1) is 15.5. The van der Waals surface area contributed by atoms with E-state index in [4.69, 9.17) is 0 Å². The molecule has 2 aromatic rings. The molecule has 0 aliphatic rings. The Morgan fingerprint density at radius 1 is 0.939 bits per heavy atom. The summed E-state index contributed by atoms with van der Waals surface area (Å²) in [5, 5.41) is 13.1. The highest BCUT2D eigenvalue weighted by atomic mass is 19.4. The molecule has 1 aromatic carbocycles. The van der Waals surface area contributed by atoms with Gasteiger partial charge in [0.15, 0.2) is 0 Å². The third-order valence-electron chi connectivity index (χ3n) is 5.04. The van der Waals surface area contributed by atoms with Crippen LogP contribution in [0.4, 0.5) is 32.0 Å². The molecule has 1 aromatic heterocycles. The summed E-state index contributed by atoms with van der Waals surface area (Å²) in [5.74, 6) is 0. The Kier molecular flexibility index (Phi) is 9.54. The minimum atomic E-state index is -4.88. The number of rotatable bonds is 11. The summed E-state index contributed by atoms with van der Waals surface area (Å²) in [5.41, 5.74) is -3.56. The summed E-state index contributed by atoms with van der Waals surface area (Å²) in [7, 11) is 0. The maximum Gasteiger partial charge on any atom is 0.433 e. The second-order valence-electron chi connectivity index (χ2n) is 7.84. The van der Waals surface area contributed by atoms with Crippen molar-refractivity contribution in [1.29, 1.82) is 0 Å². The monoisotopic (exact) mass is 477 g/mol. The molecule has 0 amide bonds. The summed E-state index contributed by atoms with van der Waals surface area (Å²) in [6, 6.07) is 6.09. The van der Waals surface area contributed by atoms with E-state index < -0.39 is 41.1 Å². The third-order valence-corrected chi connectivity index (χ3v) is 5.04. The minimum absolute atomic E-state index is 0.164. The maximum absolute atomic E-state index is 13.4. The van der Waals surface area contributed by atoms with Gasteiger partial charge >= 0.3 is 12.4 Å². The number of aliphatic hydroxyl groups is 1. The highest BCUT2D eigenvalue weighted by molar-refractivity contribution is 5.68. The maximum atomic E-state index is 13.4. The first-order valence-electron chi connectivity index (χ1n) is 10.9. The van der Waals surface area contributed by atoms with E-state index in [1.54, 1.807) is 0 Å². The molecule has 0 aliphatic carbocycles. The average molecular weight is 477 g/mol. The SMILES string of the molecule is CCCCN(CCCC)CC(O)Nc1cc(-c2ccccc2C(F)(F)F)nc(C(F)(F)F)c1. The smallest absolute Gasteiger partial charge is 0.372 e. The van der Waals surface area contributed by atoms with E-state index in [-0.39, 0.29) is 12.2 Å². The van der Waals surface area contributed by atoms with Crippen molar-refractivity contribution in [2.24, 2.45) is 0 Å². The Labute approximate surface area is 189 Å². The number of halogens is 6. The van der Waals surface area contributed by atoms with Crippen LogP contribution in [0.5, 0.6) is 0 Å². The minimum Gasteiger partial charge on any atom is -0.372 e. The van der Waals surface area contributed by atoms with Crippen molar-refractivity contribution in [3.8, 4) is 11.3 Å². The molecule has 0 bridgehead atoms. The van der Waals surface area contributed by atoms with Crippen molar-refractivity contribution in [3.05, 3.63) is 47.7 Å². The first-order valence-corrected chi connectivity index (χ1v) is 10.9. The molecular weight excluding hydrogens is 448 g/mol. The van der Waals surface area contributed by atoms with Gasteiger partial charge in [0, 0.05) is 17.8 Å². The van der Waals surface area contributed by atoms with Gasteiger partial charge in [0.05, 0.1) is 11.3 Å². The van der Waals surface area contributed by atoms with Crippen LogP contribution >= 0.6 is 0 Å². The number of alkyl halides is 6. The summed E-state index contributed by atoms with van der Waals surface area (Å²) in [6.07, 6.45) is -7.14. The molecule has 1 atom stereocenters. The number of pyridine rings is 1. The molecule has 0 radical (unpaired) electrons. The Hall–Kier alpha value is -2.33. The number of anilines is 1. The van der Waals surface area contributed by atoms with Gasteiger partial charge in [-0.1, -0.05) is 44.9 Å². The molecule has 0 spiro atoms. The molecular formula is C23H29F6N3O. The third kappa shape index (κ3) is 8.19. The van der Waals surface area contributed by atoms with Crippen LogP contribution in [0, 0.1) is 0 Å².